The van der Waals surface area contributed by atoms with E-state index in [0.29, 0.717) is 16.6 Å². The molecule has 0 aromatic carbocycles. The maximum absolute atomic E-state index is 13.3. The van der Waals surface area contributed by atoms with Gasteiger partial charge in [-0.05, 0) is 45.7 Å². The molecule has 0 aliphatic rings. The van der Waals surface area contributed by atoms with Crippen molar-refractivity contribution in [3.63, 3.8) is 0 Å². The molecule has 3 aromatic rings. The van der Waals surface area contributed by atoms with E-state index in [2.05, 4.69) is 23.4 Å². The summed E-state index contributed by atoms with van der Waals surface area (Å²) in [5, 5.41) is 7.94. The first-order valence-corrected chi connectivity index (χ1v) is 11.0. The molecule has 0 saturated heterocycles. The number of thiophene rings is 1. The summed E-state index contributed by atoms with van der Waals surface area (Å²) in [4.78, 5) is 32.4. The topological polar surface area (TPSA) is 103 Å². The minimum Gasteiger partial charge on any atom is -0.368 e. The number of hydrogen-bond donors (Lipinski definition) is 2. The van der Waals surface area contributed by atoms with Gasteiger partial charge in [0.15, 0.2) is 5.65 Å². The number of carbonyl (C=O) groups excluding carboxylic acids is 2. The molecule has 7 nitrogen and oxygen atoms in total. The monoisotopic (exact) mass is 427 g/mol. The van der Waals surface area contributed by atoms with Crippen LogP contribution in [0.3, 0.4) is 0 Å². The highest BCUT2D eigenvalue weighted by Gasteiger charge is 2.26. The lowest BCUT2D eigenvalue weighted by Gasteiger charge is -2.21. The minimum atomic E-state index is -0.737. The Morgan fingerprint density at radius 1 is 1.23 bits per heavy atom. The molecule has 160 valence electrons. The van der Waals surface area contributed by atoms with Crippen LogP contribution in [-0.4, -0.2) is 32.6 Å². The zero-order valence-electron chi connectivity index (χ0n) is 18.3. The van der Waals surface area contributed by atoms with Crippen LogP contribution in [0.15, 0.2) is 18.3 Å². The van der Waals surface area contributed by atoms with Crippen LogP contribution < -0.4 is 11.1 Å². The second-order valence-electron chi connectivity index (χ2n) is 8.04. The smallest absolute Gasteiger partial charge is 0.252 e. The standard InChI is InChI=1S/C22H29N5O2S/c1-7-12(4)19(20(23)28)26-22(29)16-9-18(15-8-13(5)30-14(15)6)25-21-17(16)10-24-27(21)11(2)3/h8-12,19H,7H2,1-6H3,(H2,23,28)(H,26,29). The van der Waals surface area contributed by atoms with Gasteiger partial charge in [-0.25, -0.2) is 9.67 Å². The van der Waals surface area contributed by atoms with Gasteiger partial charge in [0, 0.05) is 21.4 Å². The predicted octanol–water partition coefficient (Wildman–Crippen LogP) is 3.99. The van der Waals surface area contributed by atoms with Crippen LogP contribution in [0.1, 0.15) is 60.3 Å². The summed E-state index contributed by atoms with van der Waals surface area (Å²) in [5.74, 6) is -0.950. The van der Waals surface area contributed by atoms with Gasteiger partial charge in [0.1, 0.15) is 6.04 Å². The molecule has 0 bridgehead atoms. The summed E-state index contributed by atoms with van der Waals surface area (Å²) in [5.41, 5.74) is 8.37. The molecular weight excluding hydrogens is 398 g/mol. The number of pyridine rings is 1. The highest BCUT2D eigenvalue weighted by atomic mass is 32.1. The van der Waals surface area contributed by atoms with E-state index in [4.69, 9.17) is 10.7 Å². The largest absolute Gasteiger partial charge is 0.368 e. The Labute approximate surface area is 180 Å². The summed E-state index contributed by atoms with van der Waals surface area (Å²) in [6.07, 6.45) is 2.39. The Morgan fingerprint density at radius 3 is 2.47 bits per heavy atom. The Kier molecular flexibility index (Phi) is 6.26. The molecule has 3 heterocycles. The van der Waals surface area contributed by atoms with Crippen LogP contribution in [0.5, 0.6) is 0 Å². The minimum absolute atomic E-state index is 0.0663. The Morgan fingerprint density at radius 2 is 1.93 bits per heavy atom. The van der Waals surface area contributed by atoms with E-state index >= 15 is 0 Å². The molecule has 0 aliphatic carbocycles. The molecule has 0 fully saturated rings. The van der Waals surface area contributed by atoms with E-state index in [9.17, 15) is 9.59 Å². The number of hydrogen-bond acceptors (Lipinski definition) is 5. The average Bonchev–Trinajstić information content (AvgIpc) is 3.26. The molecule has 30 heavy (non-hydrogen) atoms. The molecule has 0 radical (unpaired) electrons. The van der Waals surface area contributed by atoms with Crippen molar-refractivity contribution in [2.75, 3.05) is 0 Å². The number of fused-ring (bicyclic) bond motifs is 1. The third-order valence-corrected chi connectivity index (χ3v) is 6.39. The van der Waals surface area contributed by atoms with Crippen molar-refractivity contribution in [3.8, 4) is 11.3 Å². The maximum Gasteiger partial charge on any atom is 0.252 e. The molecule has 8 heteroatoms. The van der Waals surface area contributed by atoms with Crippen molar-refractivity contribution in [3.05, 3.63) is 33.6 Å². The highest BCUT2D eigenvalue weighted by molar-refractivity contribution is 7.12. The van der Waals surface area contributed by atoms with Crippen LogP contribution in [-0.2, 0) is 4.79 Å². The van der Waals surface area contributed by atoms with Gasteiger partial charge in [-0.2, -0.15) is 5.10 Å². The number of nitrogens with one attached hydrogen (secondary N) is 1. The zero-order valence-corrected chi connectivity index (χ0v) is 19.1. The van der Waals surface area contributed by atoms with Crippen LogP contribution in [0.2, 0.25) is 0 Å². The van der Waals surface area contributed by atoms with Crippen molar-refractivity contribution in [2.24, 2.45) is 11.7 Å². The number of aromatic nitrogens is 3. The summed E-state index contributed by atoms with van der Waals surface area (Å²) >= 11 is 1.69. The molecule has 3 N–H and O–H groups in total. The highest BCUT2D eigenvalue weighted by Crippen LogP contribution is 2.32. The van der Waals surface area contributed by atoms with Gasteiger partial charge >= 0.3 is 0 Å². The predicted molar refractivity (Wildman–Crippen MR) is 121 cm³/mol. The van der Waals surface area contributed by atoms with Crippen LogP contribution in [0, 0.1) is 19.8 Å². The molecular formula is C22H29N5O2S. The molecule has 0 aliphatic heterocycles. The van der Waals surface area contributed by atoms with E-state index in [1.165, 1.54) is 4.88 Å². The number of nitrogens with two attached hydrogens (primary N) is 1. The lowest BCUT2D eigenvalue weighted by atomic mass is 9.98. The third kappa shape index (κ3) is 4.09. The molecule has 3 aromatic heterocycles. The fourth-order valence-electron chi connectivity index (χ4n) is 3.56. The van der Waals surface area contributed by atoms with Gasteiger partial charge < -0.3 is 11.1 Å². The Hall–Kier alpha value is -2.74. The van der Waals surface area contributed by atoms with Crippen LogP contribution in [0.25, 0.3) is 22.3 Å². The SMILES string of the molecule is CCC(C)C(NC(=O)c1cc(-c2cc(C)sc2C)nc2c1cnn2C(C)C)C(N)=O. The van der Waals surface area contributed by atoms with E-state index in [0.717, 1.165) is 22.6 Å². The fraction of sp³-hybridized carbons (Fsp3) is 0.455. The summed E-state index contributed by atoms with van der Waals surface area (Å²) in [6, 6.07) is 3.22. The summed E-state index contributed by atoms with van der Waals surface area (Å²) in [6.45, 7) is 12.0. The summed E-state index contributed by atoms with van der Waals surface area (Å²) < 4.78 is 1.81. The second-order valence-corrected chi connectivity index (χ2v) is 9.50. The first kappa shape index (κ1) is 22.0. The molecule has 2 atom stereocenters. The van der Waals surface area contributed by atoms with E-state index in [-0.39, 0.29) is 17.9 Å². The van der Waals surface area contributed by atoms with E-state index in [1.54, 1.807) is 23.6 Å². The number of carbonyl (C=O) groups is 2. The number of aryl methyl sites for hydroxylation is 2. The number of amides is 2. The van der Waals surface area contributed by atoms with Crippen molar-refractivity contribution < 1.29 is 9.59 Å². The van der Waals surface area contributed by atoms with Crippen molar-refractivity contribution in [2.45, 2.75) is 60.0 Å². The van der Waals surface area contributed by atoms with Gasteiger partial charge in [0.05, 0.1) is 22.8 Å². The average molecular weight is 428 g/mol. The maximum atomic E-state index is 13.3. The Bertz CT molecular complexity index is 1100. The lowest BCUT2D eigenvalue weighted by molar-refractivity contribution is -0.120. The first-order chi connectivity index (χ1) is 14.1. The van der Waals surface area contributed by atoms with Gasteiger partial charge in [-0.15, -0.1) is 11.3 Å². The summed E-state index contributed by atoms with van der Waals surface area (Å²) in [7, 11) is 0. The molecule has 2 amide bonds. The molecule has 2 unspecified atom stereocenters. The van der Waals surface area contributed by atoms with E-state index in [1.807, 2.05) is 39.3 Å². The van der Waals surface area contributed by atoms with Crippen molar-refractivity contribution in [1.29, 1.82) is 0 Å². The molecule has 0 saturated carbocycles. The quantitative estimate of drug-likeness (QED) is 0.595. The third-order valence-electron chi connectivity index (χ3n) is 5.42. The van der Waals surface area contributed by atoms with E-state index < -0.39 is 11.9 Å². The lowest BCUT2D eigenvalue weighted by Crippen LogP contribution is -2.48. The Balaban J connectivity index is 2.16. The second kappa shape index (κ2) is 8.55. The number of rotatable bonds is 7. The number of nitrogens with zero attached hydrogens (tertiary/aromatic N) is 3. The van der Waals surface area contributed by atoms with Gasteiger partial charge in [0.2, 0.25) is 5.91 Å². The molecule has 3 rings (SSSR count). The van der Waals surface area contributed by atoms with Crippen LogP contribution >= 0.6 is 11.3 Å². The van der Waals surface area contributed by atoms with Crippen molar-refractivity contribution in [1.82, 2.24) is 20.1 Å². The van der Waals surface area contributed by atoms with Gasteiger partial charge in [-0.1, -0.05) is 20.3 Å². The normalized spacial score (nSPS) is 13.6. The molecule has 0 spiro atoms. The van der Waals surface area contributed by atoms with Gasteiger partial charge in [0.25, 0.3) is 5.91 Å². The van der Waals surface area contributed by atoms with Crippen LogP contribution in [0.4, 0.5) is 0 Å². The number of primary amides is 1. The fourth-order valence-corrected chi connectivity index (χ4v) is 4.49. The first-order valence-electron chi connectivity index (χ1n) is 10.2. The zero-order chi connectivity index (χ0) is 22.2. The van der Waals surface area contributed by atoms with Gasteiger partial charge in [-0.3, -0.25) is 9.59 Å². The van der Waals surface area contributed by atoms with Crippen molar-refractivity contribution >= 4 is 34.2 Å².